The number of nitrogens with zero attached hydrogens (tertiary/aromatic N) is 2. The van der Waals surface area contributed by atoms with Crippen LogP contribution in [0.4, 0.5) is 5.82 Å². The lowest BCUT2D eigenvalue weighted by molar-refractivity contribution is 0.757. The molecule has 0 aliphatic carbocycles. The van der Waals surface area contributed by atoms with Crippen LogP contribution >= 0.6 is 12.2 Å². The minimum absolute atomic E-state index is 0.268. The molecule has 0 spiro atoms. The highest BCUT2D eigenvalue weighted by Crippen LogP contribution is 2.10. The van der Waals surface area contributed by atoms with Crippen LogP contribution in [0.2, 0.25) is 0 Å². The molecule has 1 heterocycles. The van der Waals surface area contributed by atoms with Gasteiger partial charge < -0.3 is 11.1 Å². The van der Waals surface area contributed by atoms with Crippen LogP contribution in [-0.4, -0.2) is 21.0 Å². The van der Waals surface area contributed by atoms with Crippen molar-refractivity contribution in [1.29, 1.82) is 0 Å². The Kier molecular flexibility index (Phi) is 3.76. The molecule has 0 bridgehead atoms. The highest BCUT2D eigenvalue weighted by Gasteiger charge is 2.08. The number of rotatable bonds is 4. The van der Waals surface area contributed by atoms with Crippen molar-refractivity contribution in [3.05, 3.63) is 18.1 Å². The van der Waals surface area contributed by atoms with Crippen LogP contribution in [-0.2, 0) is 0 Å². The van der Waals surface area contributed by atoms with E-state index in [1.54, 1.807) is 12.4 Å². The van der Waals surface area contributed by atoms with Crippen LogP contribution in [0, 0.1) is 0 Å². The molecule has 0 saturated carbocycles. The quantitative estimate of drug-likeness (QED) is 0.734. The van der Waals surface area contributed by atoms with Gasteiger partial charge in [-0.1, -0.05) is 19.1 Å². The molecule has 1 atom stereocenters. The number of hydrogen-bond acceptors (Lipinski definition) is 4. The van der Waals surface area contributed by atoms with E-state index in [9.17, 15) is 0 Å². The summed E-state index contributed by atoms with van der Waals surface area (Å²) in [4.78, 5) is 8.49. The number of nitrogens with two attached hydrogens (primary N) is 1. The fraction of sp³-hybridized carbons (Fsp3) is 0.444. The lowest BCUT2D eigenvalue weighted by atomic mass is 10.2. The number of aromatic nitrogens is 2. The van der Waals surface area contributed by atoms with Crippen LogP contribution in [0.5, 0.6) is 0 Å². The van der Waals surface area contributed by atoms with Gasteiger partial charge in [-0.25, -0.2) is 9.97 Å². The van der Waals surface area contributed by atoms with E-state index in [1.807, 2.05) is 0 Å². The van der Waals surface area contributed by atoms with Crippen molar-refractivity contribution in [3.8, 4) is 0 Å². The molecule has 0 amide bonds. The molecule has 1 aromatic rings. The zero-order valence-electron chi connectivity index (χ0n) is 8.32. The summed E-state index contributed by atoms with van der Waals surface area (Å²) in [5, 5.41) is 3.20. The van der Waals surface area contributed by atoms with Gasteiger partial charge >= 0.3 is 0 Å². The molecule has 14 heavy (non-hydrogen) atoms. The molecule has 5 heteroatoms. The average Bonchev–Trinajstić information content (AvgIpc) is 2.18. The first kappa shape index (κ1) is 10.8. The van der Waals surface area contributed by atoms with Crippen LogP contribution < -0.4 is 11.1 Å². The van der Waals surface area contributed by atoms with E-state index in [0.717, 1.165) is 6.42 Å². The van der Waals surface area contributed by atoms with Crippen molar-refractivity contribution < 1.29 is 0 Å². The van der Waals surface area contributed by atoms with Gasteiger partial charge in [0.1, 0.15) is 10.7 Å². The van der Waals surface area contributed by atoms with Gasteiger partial charge in [-0.15, -0.1) is 0 Å². The standard InChI is InChI=1S/C9H14N4S/c1-3-6(2)13-9-7(8(10)14)11-4-5-12-9/h4-6H,3H2,1-2H3,(H2,10,14)(H,12,13). The predicted molar refractivity (Wildman–Crippen MR) is 61.3 cm³/mol. The van der Waals surface area contributed by atoms with Crippen molar-refractivity contribution in [2.45, 2.75) is 26.3 Å². The molecule has 4 nitrogen and oxygen atoms in total. The molecule has 0 fully saturated rings. The molecule has 1 unspecified atom stereocenters. The molecule has 3 N–H and O–H groups in total. The maximum absolute atomic E-state index is 5.52. The van der Waals surface area contributed by atoms with Gasteiger partial charge in [0.25, 0.3) is 0 Å². The summed E-state index contributed by atoms with van der Waals surface area (Å²) in [6.07, 6.45) is 4.20. The van der Waals surface area contributed by atoms with Gasteiger partial charge in [0.05, 0.1) is 0 Å². The van der Waals surface area contributed by atoms with Gasteiger partial charge in [-0.3, -0.25) is 0 Å². The highest BCUT2D eigenvalue weighted by atomic mass is 32.1. The zero-order valence-corrected chi connectivity index (χ0v) is 9.14. The molecular formula is C9H14N4S. The number of nitrogens with one attached hydrogen (secondary N) is 1. The van der Waals surface area contributed by atoms with Crippen molar-refractivity contribution in [2.24, 2.45) is 5.73 Å². The third-order valence-corrected chi connectivity index (χ3v) is 2.12. The van der Waals surface area contributed by atoms with E-state index >= 15 is 0 Å². The van der Waals surface area contributed by atoms with E-state index < -0.39 is 0 Å². The minimum atomic E-state index is 0.268. The second-order valence-corrected chi connectivity index (χ2v) is 3.51. The number of hydrogen-bond donors (Lipinski definition) is 2. The topological polar surface area (TPSA) is 63.8 Å². The Morgan fingerprint density at radius 3 is 2.79 bits per heavy atom. The summed E-state index contributed by atoms with van der Waals surface area (Å²) in [6.45, 7) is 4.16. The molecule has 0 radical (unpaired) electrons. The normalized spacial score (nSPS) is 12.1. The van der Waals surface area contributed by atoms with Crippen LogP contribution in [0.15, 0.2) is 12.4 Å². The Labute approximate surface area is 88.9 Å². The van der Waals surface area contributed by atoms with Gasteiger partial charge in [-0.2, -0.15) is 0 Å². The summed E-state index contributed by atoms with van der Waals surface area (Å²) < 4.78 is 0. The Hall–Kier alpha value is -1.23. The first-order valence-corrected chi connectivity index (χ1v) is 4.93. The van der Waals surface area contributed by atoms with Crippen molar-refractivity contribution in [2.75, 3.05) is 5.32 Å². The third kappa shape index (κ3) is 2.63. The molecular weight excluding hydrogens is 196 g/mol. The molecule has 1 aromatic heterocycles. The average molecular weight is 210 g/mol. The maximum Gasteiger partial charge on any atom is 0.155 e. The van der Waals surface area contributed by atoms with E-state index in [1.165, 1.54) is 0 Å². The summed E-state index contributed by atoms with van der Waals surface area (Å²) >= 11 is 4.87. The summed E-state index contributed by atoms with van der Waals surface area (Å²) in [5.74, 6) is 0.661. The predicted octanol–water partition coefficient (Wildman–Crippen LogP) is 1.32. The molecule has 0 saturated heterocycles. The summed E-state index contributed by atoms with van der Waals surface area (Å²) in [5.41, 5.74) is 6.08. The van der Waals surface area contributed by atoms with E-state index in [4.69, 9.17) is 18.0 Å². The number of anilines is 1. The zero-order chi connectivity index (χ0) is 10.6. The second kappa shape index (κ2) is 4.85. The highest BCUT2D eigenvalue weighted by molar-refractivity contribution is 7.80. The van der Waals surface area contributed by atoms with Crippen molar-refractivity contribution in [3.63, 3.8) is 0 Å². The smallest absolute Gasteiger partial charge is 0.155 e. The Morgan fingerprint density at radius 1 is 1.57 bits per heavy atom. The fourth-order valence-electron chi connectivity index (χ4n) is 0.959. The summed E-state index contributed by atoms with van der Waals surface area (Å²) in [6, 6.07) is 0.333. The Bertz CT molecular complexity index is 326. The van der Waals surface area contributed by atoms with Crippen LogP contribution in [0.3, 0.4) is 0 Å². The third-order valence-electron chi connectivity index (χ3n) is 1.93. The summed E-state index contributed by atoms with van der Waals surface area (Å²) in [7, 11) is 0. The fourth-order valence-corrected chi connectivity index (χ4v) is 1.11. The van der Waals surface area contributed by atoms with Gasteiger partial charge in [0.2, 0.25) is 0 Å². The minimum Gasteiger partial charge on any atom is -0.388 e. The van der Waals surface area contributed by atoms with E-state index in [2.05, 4.69) is 29.1 Å². The van der Waals surface area contributed by atoms with Crippen LogP contribution in [0.25, 0.3) is 0 Å². The van der Waals surface area contributed by atoms with Gasteiger partial charge in [0.15, 0.2) is 5.82 Å². The SMILES string of the molecule is CCC(C)Nc1nccnc1C(N)=S. The molecule has 76 valence electrons. The Balaban J connectivity index is 2.90. The maximum atomic E-state index is 5.52. The lowest BCUT2D eigenvalue weighted by Crippen LogP contribution is -2.20. The molecule has 0 aliphatic rings. The number of thiocarbonyl (C=S) groups is 1. The first-order chi connectivity index (χ1) is 6.65. The molecule has 0 aliphatic heterocycles. The van der Waals surface area contributed by atoms with Crippen LogP contribution in [0.1, 0.15) is 26.0 Å². The van der Waals surface area contributed by atoms with Crippen molar-refractivity contribution >= 4 is 23.0 Å². The second-order valence-electron chi connectivity index (χ2n) is 3.07. The Morgan fingerprint density at radius 2 is 2.21 bits per heavy atom. The van der Waals surface area contributed by atoms with Crippen molar-refractivity contribution in [1.82, 2.24) is 9.97 Å². The first-order valence-electron chi connectivity index (χ1n) is 4.52. The lowest BCUT2D eigenvalue weighted by Gasteiger charge is -2.13. The van der Waals surface area contributed by atoms with Gasteiger partial charge in [-0.05, 0) is 13.3 Å². The largest absolute Gasteiger partial charge is 0.388 e. The molecule has 0 aromatic carbocycles. The van der Waals surface area contributed by atoms with Gasteiger partial charge in [0, 0.05) is 18.4 Å². The van der Waals surface area contributed by atoms with E-state index in [-0.39, 0.29) is 4.99 Å². The monoisotopic (exact) mass is 210 g/mol. The van der Waals surface area contributed by atoms with E-state index in [0.29, 0.717) is 17.6 Å². The molecule has 1 rings (SSSR count).